The van der Waals surface area contributed by atoms with Crippen molar-refractivity contribution < 1.29 is 14.7 Å². The van der Waals surface area contributed by atoms with E-state index in [9.17, 15) is 14.7 Å². The van der Waals surface area contributed by atoms with Crippen LogP contribution in [0.15, 0.2) is 53.5 Å². The Bertz CT molecular complexity index is 1430. The fourth-order valence-corrected chi connectivity index (χ4v) is 5.64. The standard InChI is InChI=1S/C29H34N6O3S/c1-19(2)14-22(17-36)32-29(38)26-25(21-9-13-39-18-21)33-27-23(6-5-12-35(26)27)28(37)31-16-20-7-8-24(30-15-20)34-10-3-4-11-34/h5-9,12-13,15,18-19,22,36H,3-4,10-11,14,16-17H2,1-2H3,(H,31,37)(H,32,38)/t22-/m1/s1. The summed E-state index contributed by atoms with van der Waals surface area (Å²) in [6.07, 6.45) is 6.57. The number of carbonyl (C=O) groups excluding carboxylic acids is 2. The third kappa shape index (κ3) is 5.97. The molecule has 10 heteroatoms. The van der Waals surface area contributed by atoms with Crippen molar-refractivity contribution in [3.05, 3.63) is 70.3 Å². The minimum Gasteiger partial charge on any atom is -0.394 e. The zero-order chi connectivity index (χ0) is 27.4. The summed E-state index contributed by atoms with van der Waals surface area (Å²) in [5.41, 5.74) is 3.30. The molecule has 4 aromatic rings. The second kappa shape index (κ2) is 12.0. The van der Waals surface area contributed by atoms with Crippen molar-refractivity contribution in [1.82, 2.24) is 25.0 Å². The molecule has 0 radical (unpaired) electrons. The second-order valence-corrected chi connectivity index (χ2v) is 11.1. The van der Waals surface area contributed by atoms with Gasteiger partial charge in [0.05, 0.1) is 18.2 Å². The van der Waals surface area contributed by atoms with E-state index in [1.165, 1.54) is 24.2 Å². The number of hydrogen-bond acceptors (Lipinski definition) is 7. The van der Waals surface area contributed by atoms with Crippen LogP contribution in [0.1, 0.15) is 59.5 Å². The Kier molecular flexibility index (Phi) is 8.23. The lowest BCUT2D eigenvalue weighted by atomic mass is 10.0. The number of anilines is 1. The summed E-state index contributed by atoms with van der Waals surface area (Å²) < 4.78 is 1.66. The maximum Gasteiger partial charge on any atom is 0.270 e. The fourth-order valence-electron chi connectivity index (χ4n) is 5.00. The highest BCUT2D eigenvalue weighted by molar-refractivity contribution is 7.08. The van der Waals surface area contributed by atoms with Crippen molar-refractivity contribution in [3.63, 3.8) is 0 Å². The normalized spacial score (nSPS) is 14.2. The molecule has 0 unspecified atom stereocenters. The summed E-state index contributed by atoms with van der Waals surface area (Å²) in [6, 6.07) is 8.96. The Labute approximate surface area is 231 Å². The molecule has 0 saturated carbocycles. The molecule has 1 fully saturated rings. The first-order valence-electron chi connectivity index (χ1n) is 13.4. The number of fused-ring (bicyclic) bond motifs is 1. The molecule has 3 N–H and O–H groups in total. The van der Waals surface area contributed by atoms with Gasteiger partial charge in [-0.25, -0.2) is 9.97 Å². The van der Waals surface area contributed by atoms with Gasteiger partial charge in [-0.15, -0.1) is 0 Å². The summed E-state index contributed by atoms with van der Waals surface area (Å²) in [5, 5.41) is 19.6. The topological polar surface area (TPSA) is 112 Å². The van der Waals surface area contributed by atoms with Gasteiger partial charge in [-0.3, -0.25) is 14.0 Å². The third-order valence-electron chi connectivity index (χ3n) is 6.91. The lowest BCUT2D eigenvalue weighted by Gasteiger charge is -2.18. The molecule has 1 aliphatic heterocycles. The van der Waals surface area contributed by atoms with Crippen molar-refractivity contribution in [2.75, 3.05) is 24.6 Å². The number of rotatable bonds is 10. The Balaban J connectivity index is 1.40. The van der Waals surface area contributed by atoms with Gasteiger partial charge in [0.25, 0.3) is 11.8 Å². The molecule has 0 aliphatic carbocycles. The Hall–Kier alpha value is -3.76. The third-order valence-corrected chi connectivity index (χ3v) is 7.59. The van der Waals surface area contributed by atoms with Crippen LogP contribution in [0.4, 0.5) is 5.82 Å². The second-order valence-electron chi connectivity index (χ2n) is 10.3. The summed E-state index contributed by atoms with van der Waals surface area (Å²) in [5.74, 6) is 0.646. The lowest BCUT2D eigenvalue weighted by Crippen LogP contribution is -2.39. The smallest absolute Gasteiger partial charge is 0.270 e. The molecule has 204 valence electrons. The summed E-state index contributed by atoms with van der Waals surface area (Å²) in [7, 11) is 0. The van der Waals surface area contributed by atoms with Crippen LogP contribution in [0.3, 0.4) is 0 Å². The van der Waals surface area contributed by atoms with Crippen LogP contribution in [0.5, 0.6) is 0 Å². The number of nitrogens with one attached hydrogen (secondary N) is 2. The molecule has 0 bridgehead atoms. The number of carbonyl (C=O) groups is 2. The molecule has 0 aromatic carbocycles. The van der Waals surface area contributed by atoms with E-state index < -0.39 is 0 Å². The zero-order valence-corrected chi connectivity index (χ0v) is 23.1. The Morgan fingerprint density at radius 2 is 1.95 bits per heavy atom. The predicted octanol–water partition coefficient (Wildman–Crippen LogP) is 4.12. The van der Waals surface area contributed by atoms with Crippen LogP contribution in [0.2, 0.25) is 0 Å². The lowest BCUT2D eigenvalue weighted by molar-refractivity contribution is 0.0901. The highest BCUT2D eigenvalue weighted by Crippen LogP contribution is 2.28. The summed E-state index contributed by atoms with van der Waals surface area (Å²) in [4.78, 5) is 38.4. The average Bonchev–Trinajstić information content (AvgIpc) is 3.72. The quantitative estimate of drug-likeness (QED) is 0.276. The van der Waals surface area contributed by atoms with Gasteiger partial charge in [-0.1, -0.05) is 19.9 Å². The van der Waals surface area contributed by atoms with E-state index >= 15 is 0 Å². The highest BCUT2D eigenvalue weighted by atomic mass is 32.1. The molecule has 0 spiro atoms. The van der Waals surface area contributed by atoms with E-state index in [0.717, 1.165) is 30.0 Å². The first-order valence-corrected chi connectivity index (χ1v) is 14.3. The largest absolute Gasteiger partial charge is 0.394 e. The van der Waals surface area contributed by atoms with Crippen LogP contribution < -0.4 is 15.5 Å². The van der Waals surface area contributed by atoms with Crippen LogP contribution in [-0.4, -0.2) is 57.0 Å². The van der Waals surface area contributed by atoms with Gasteiger partial charge in [0.2, 0.25) is 0 Å². The Morgan fingerprint density at radius 3 is 2.62 bits per heavy atom. The number of aromatic nitrogens is 3. The van der Waals surface area contributed by atoms with E-state index in [4.69, 9.17) is 4.98 Å². The van der Waals surface area contributed by atoms with Crippen LogP contribution in [0, 0.1) is 5.92 Å². The molecular weight excluding hydrogens is 512 g/mol. The van der Waals surface area contributed by atoms with Gasteiger partial charge in [0.1, 0.15) is 17.2 Å². The summed E-state index contributed by atoms with van der Waals surface area (Å²) >= 11 is 1.51. The molecule has 5 heterocycles. The van der Waals surface area contributed by atoms with Gasteiger partial charge < -0.3 is 20.6 Å². The number of aliphatic hydroxyl groups excluding tert-OH is 1. The predicted molar refractivity (Wildman–Crippen MR) is 153 cm³/mol. The van der Waals surface area contributed by atoms with Gasteiger partial charge in [0, 0.05) is 43.0 Å². The maximum atomic E-state index is 13.5. The monoisotopic (exact) mass is 546 g/mol. The molecule has 5 rings (SSSR count). The first kappa shape index (κ1) is 26.8. The number of amides is 2. The Morgan fingerprint density at radius 1 is 1.13 bits per heavy atom. The SMILES string of the molecule is CC(C)C[C@H](CO)NC(=O)c1c(-c2ccsc2)nc2c(C(=O)NCc3ccc(N4CCCC4)nc3)cccn12. The minimum absolute atomic E-state index is 0.157. The first-order chi connectivity index (χ1) is 18.9. The van der Waals surface area contributed by atoms with Crippen LogP contribution >= 0.6 is 11.3 Å². The number of nitrogens with zero attached hydrogens (tertiary/aromatic N) is 4. The average molecular weight is 547 g/mol. The molecule has 1 atom stereocenters. The van der Waals surface area contributed by atoms with E-state index in [0.29, 0.717) is 41.5 Å². The van der Waals surface area contributed by atoms with Crippen molar-refractivity contribution in [2.45, 2.75) is 45.7 Å². The van der Waals surface area contributed by atoms with Crippen LogP contribution in [0.25, 0.3) is 16.9 Å². The van der Waals surface area contributed by atoms with Crippen molar-refractivity contribution in [1.29, 1.82) is 0 Å². The fraction of sp³-hybridized carbons (Fsp3) is 0.379. The number of imidazole rings is 1. The molecule has 4 aromatic heterocycles. The van der Waals surface area contributed by atoms with Crippen molar-refractivity contribution in [3.8, 4) is 11.3 Å². The van der Waals surface area contributed by atoms with E-state index in [-0.39, 0.29) is 24.5 Å². The van der Waals surface area contributed by atoms with Gasteiger partial charge in [-0.2, -0.15) is 11.3 Å². The van der Waals surface area contributed by atoms with E-state index in [1.54, 1.807) is 28.9 Å². The molecule has 1 aliphatic rings. The molecule has 9 nitrogen and oxygen atoms in total. The van der Waals surface area contributed by atoms with E-state index in [2.05, 4.69) is 20.5 Å². The van der Waals surface area contributed by atoms with Gasteiger partial charge in [0.15, 0.2) is 5.65 Å². The van der Waals surface area contributed by atoms with Crippen molar-refractivity contribution >= 4 is 34.6 Å². The maximum absolute atomic E-state index is 13.5. The highest BCUT2D eigenvalue weighted by Gasteiger charge is 2.26. The number of thiophene rings is 1. The minimum atomic E-state index is -0.379. The summed E-state index contributed by atoms with van der Waals surface area (Å²) in [6.45, 7) is 6.32. The molecule has 39 heavy (non-hydrogen) atoms. The molecule has 1 saturated heterocycles. The van der Waals surface area contributed by atoms with Gasteiger partial charge >= 0.3 is 0 Å². The number of pyridine rings is 2. The number of aliphatic hydroxyl groups is 1. The zero-order valence-electron chi connectivity index (χ0n) is 22.3. The molecular formula is C29H34N6O3S. The number of hydrogen-bond donors (Lipinski definition) is 3. The van der Waals surface area contributed by atoms with Gasteiger partial charge in [-0.05, 0) is 60.4 Å². The van der Waals surface area contributed by atoms with Crippen LogP contribution in [-0.2, 0) is 6.54 Å². The van der Waals surface area contributed by atoms with E-state index in [1.807, 2.05) is 42.8 Å². The van der Waals surface area contributed by atoms with Crippen molar-refractivity contribution in [2.24, 2.45) is 5.92 Å². The molecule has 2 amide bonds.